The van der Waals surface area contributed by atoms with E-state index in [1.54, 1.807) is 0 Å². The van der Waals surface area contributed by atoms with Crippen molar-refractivity contribution < 1.29 is 0 Å². The minimum Gasteiger partial charge on any atom is -0.356 e. The maximum Gasteiger partial charge on any atom is 0.193 e. The van der Waals surface area contributed by atoms with Gasteiger partial charge in [0, 0.05) is 33.1 Å². The van der Waals surface area contributed by atoms with Crippen LogP contribution in [0.4, 0.5) is 0 Å². The lowest BCUT2D eigenvalue weighted by molar-refractivity contribution is 0.151. The highest BCUT2D eigenvalue weighted by Crippen LogP contribution is 2.47. The van der Waals surface area contributed by atoms with E-state index in [4.69, 9.17) is 0 Å². The Morgan fingerprint density at radius 1 is 1.33 bits per heavy atom. The van der Waals surface area contributed by atoms with Crippen LogP contribution in [0.1, 0.15) is 37.9 Å². The Kier molecular flexibility index (Phi) is 4.17. The summed E-state index contributed by atoms with van der Waals surface area (Å²) in [5.74, 6) is 2.14. The van der Waals surface area contributed by atoms with E-state index in [0.717, 1.165) is 48.7 Å². The molecule has 1 aromatic carbocycles. The van der Waals surface area contributed by atoms with Crippen molar-refractivity contribution in [3.8, 4) is 0 Å². The molecule has 1 spiro atoms. The number of fused-ring (bicyclic) bond motifs is 1. The Morgan fingerprint density at radius 3 is 2.92 bits per heavy atom. The molecule has 5 nitrogen and oxygen atoms in total. The topological polar surface area (TPSA) is 56.3 Å². The van der Waals surface area contributed by atoms with Crippen LogP contribution in [0, 0.1) is 5.41 Å². The smallest absolute Gasteiger partial charge is 0.193 e. The van der Waals surface area contributed by atoms with Crippen molar-refractivity contribution in [2.24, 2.45) is 10.4 Å². The SMILES string of the molecule is CN=C(NCCCc1nc2ccccc2[nH]1)N1CCC2(CCC2)C1. The number of hydrogen-bond acceptors (Lipinski definition) is 2. The van der Waals surface area contributed by atoms with Gasteiger partial charge in [0.2, 0.25) is 0 Å². The van der Waals surface area contributed by atoms with E-state index in [2.05, 4.69) is 37.3 Å². The summed E-state index contributed by atoms with van der Waals surface area (Å²) in [5.41, 5.74) is 2.80. The van der Waals surface area contributed by atoms with Crippen LogP contribution < -0.4 is 5.32 Å². The molecule has 2 N–H and O–H groups in total. The minimum atomic E-state index is 0.617. The van der Waals surface area contributed by atoms with Gasteiger partial charge in [-0.1, -0.05) is 18.6 Å². The normalized spacial score (nSPS) is 19.9. The number of nitrogens with one attached hydrogen (secondary N) is 2. The molecule has 0 unspecified atom stereocenters. The molecular formula is C19H27N5. The first-order valence-corrected chi connectivity index (χ1v) is 9.17. The first kappa shape index (κ1) is 15.5. The number of imidazole rings is 1. The number of aromatic nitrogens is 2. The number of aliphatic imine (C=N–C) groups is 1. The van der Waals surface area contributed by atoms with E-state index in [1.807, 2.05) is 19.2 Å². The highest BCUT2D eigenvalue weighted by atomic mass is 15.3. The van der Waals surface area contributed by atoms with Gasteiger partial charge in [0.1, 0.15) is 5.82 Å². The Bertz CT molecular complexity index is 695. The molecule has 0 bridgehead atoms. The monoisotopic (exact) mass is 325 g/mol. The van der Waals surface area contributed by atoms with E-state index in [-0.39, 0.29) is 0 Å². The molecule has 128 valence electrons. The van der Waals surface area contributed by atoms with Gasteiger partial charge < -0.3 is 15.2 Å². The summed E-state index contributed by atoms with van der Waals surface area (Å²) >= 11 is 0. The fraction of sp³-hybridized carbons (Fsp3) is 0.579. The van der Waals surface area contributed by atoms with Gasteiger partial charge in [0.15, 0.2) is 5.96 Å². The maximum atomic E-state index is 4.64. The number of guanidine groups is 1. The number of likely N-dealkylation sites (tertiary alicyclic amines) is 1. The van der Waals surface area contributed by atoms with Crippen LogP contribution in [0.5, 0.6) is 0 Å². The molecule has 1 saturated heterocycles. The number of hydrogen-bond donors (Lipinski definition) is 2. The summed E-state index contributed by atoms with van der Waals surface area (Å²) in [6, 6.07) is 8.21. The minimum absolute atomic E-state index is 0.617. The molecule has 0 atom stereocenters. The summed E-state index contributed by atoms with van der Waals surface area (Å²) in [7, 11) is 1.90. The van der Waals surface area contributed by atoms with Crippen LogP contribution in [0.3, 0.4) is 0 Å². The van der Waals surface area contributed by atoms with Crippen molar-refractivity contribution in [3.05, 3.63) is 30.1 Å². The maximum absolute atomic E-state index is 4.64. The van der Waals surface area contributed by atoms with Crippen molar-refractivity contribution in [3.63, 3.8) is 0 Å². The van der Waals surface area contributed by atoms with Gasteiger partial charge in [-0.25, -0.2) is 4.98 Å². The number of aryl methyl sites for hydroxylation is 1. The van der Waals surface area contributed by atoms with Crippen LogP contribution in [-0.4, -0.2) is 47.5 Å². The molecular weight excluding hydrogens is 298 g/mol. The average molecular weight is 325 g/mol. The highest BCUT2D eigenvalue weighted by molar-refractivity contribution is 5.80. The lowest BCUT2D eigenvalue weighted by Crippen LogP contribution is -2.42. The van der Waals surface area contributed by atoms with E-state index in [9.17, 15) is 0 Å². The summed E-state index contributed by atoms with van der Waals surface area (Å²) < 4.78 is 0. The molecule has 5 heteroatoms. The lowest BCUT2D eigenvalue weighted by atomic mass is 9.68. The molecule has 1 aliphatic carbocycles. The van der Waals surface area contributed by atoms with E-state index < -0.39 is 0 Å². The van der Waals surface area contributed by atoms with Crippen molar-refractivity contribution in [2.75, 3.05) is 26.7 Å². The third-order valence-corrected chi connectivity index (χ3v) is 5.68. The molecule has 2 fully saturated rings. The molecule has 1 aromatic heterocycles. The Balaban J connectivity index is 1.25. The quantitative estimate of drug-likeness (QED) is 0.516. The standard InChI is InChI=1S/C19H27N5/c1-20-18(24-13-11-19(14-24)9-5-10-19)21-12-4-8-17-22-15-6-2-3-7-16(15)23-17/h2-3,6-7H,4-5,8-14H2,1H3,(H,20,21)(H,22,23). The van der Waals surface area contributed by atoms with Crippen molar-refractivity contribution >= 4 is 17.0 Å². The third-order valence-electron chi connectivity index (χ3n) is 5.68. The second kappa shape index (κ2) is 6.46. The molecule has 0 amide bonds. The number of aromatic amines is 1. The number of benzene rings is 1. The molecule has 4 rings (SSSR count). The first-order valence-electron chi connectivity index (χ1n) is 9.17. The summed E-state index contributed by atoms with van der Waals surface area (Å²) in [5, 5.41) is 3.54. The molecule has 2 heterocycles. The predicted octanol–water partition coefficient (Wildman–Crippen LogP) is 2.95. The Labute approximate surface area is 143 Å². The van der Waals surface area contributed by atoms with Gasteiger partial charge in [0.25, 0.3) is 0 Å². The zero-order chi connectivity index (χ0) is 16.4. The zero-order valence-corrected chi connectivity index (χ0v) is 14.5. The fourth-order valence-corrected chi connectivity index (χ4v) is 4.11. The Morgan fingerprint density at radius 2 is 2.21 bits per heavy atom. The van der Waals surface area contributed by atoms with Crippen LogP contribution >= 0.6 is 0 Å². The molecule has 1 saturated carbocycles. The van der Waals surface area contributed by atoms with E-state index in [0.29, 0.717) is 5.41 Å². The number of H-pyrrole nitrogens is 1. The van der Waals surface area contributed by atoms with Crippen molar-refractivity contribution in [1.29, 1.82) is 0 Å². The average Bonchev–Trinajstić information content (AvgIpc) is 3.18. The number of nitrogens with zero attached hydrogens (tertiary/aromatic N) is 3. The number of para-hydroxylation sites is 2. The van der Waals surface area contributed by atoms with Crippen LogP contribution in [-0.2, 0) is 6.42 Å². The van der Waals surface area contributed by atoms with Crippen molar-refractivity contribution in [1.82, 2.24) is 20.2 Å². The van der Waals surface area contributed by atoms with E-state index >= 15 is 0 Å². The van der Waals surface area contributed by atoms with E-state index in [1.165, 1.54) is 32.2 Å². The van der Waals surface area contributed by atoms with Crippen LogP contribution in [0.15, 0.2) is 29.3 Å². The third kappa shape index (κ3) is 2.99. The predicted molar refractivity (Wildman–Crippen MR) is 98.3 cm³/mol. The fourth-order valence-electron chi connectivity index (χ4n) is 4.11. The molecule has 24 heavy (non-hydrogen) atoms. The van der Waals surface area contributed by atoms with Gasteiger partial charge in [-0.2, -0.15) is 0 Å². The van der Waals surface area contributed by atoms with Gasteiger partial charge in [-0.15, -0.1) is 0 Å². The van der Waals surface area contributed by atoms with Gasteiger partial charge in [-0.3, -0.25) is 4.99 Å². The summed E-state index contributed by atoms with van der Waals surface area (Å²) in [4.78, 5) is 15.0. The van der Waals surface area contributed by atoms with Crippen LogP contribution in [0.2, 0.25) is 0 Å². The second-order valence-corrected chi connectivity index (χ2v) is 7.30. The van der Waals surface area contributed by atoms with Gasteiger partial charge >= 0.3 is 0 Å². The van der Waals surface area contributed by atoms with Crippen LogP contribution in [0.25, 0.3) is 11.0 Å². The summed E-state index contributed by atoms with van der Waals surface area (Å²) in [6.45, 7) is 3.28. The summed E-state index contributed by atoms with van der Waals surface area (Å²) in [6.07, 6.45) is 7.59. The molecule has 2 aromatic rings. The zero-order valence-electron chi connectivity index (χ0n) is 14.5. The number of rotatable bonds is 4. The molecule has 2 aliphatic rings. The highest BCUT2D eigenvalue weighted by Gasteiger charge is 2.43. The first-order chi connectivity index (χ1) is 11.8. The van der Waals surface area contributed by atoms with Gasteiger partial charge in [0.05, 0.1) is 11.0 Å². The molecule has 0 radical (unpaired) electrons. The Hall–Kier alpha value is -2.04. The lowest BCUT2D eigenvalue weighted by Gasteiger charge is -2.38. The van der Waals surface area contributed by atoms with Crippen molar-refractivity contribution in [2.45, 2.75) is 38.5 Å². The largest absolute Gasteiger partial charge is 0.356 e. The molecule has 1 aliphatic heterocycles. The van der Waals surface area contributed by atoms with Gasteiger partial charge in [-0.05, 0) is 43.2 Å². The second-order valence-electron chi connectivity index (χ2n) is 7.30.